The number of aromatic nitrogens is 2. The summed E-state index contributed by atoms with van der Waals surface area (Å²) in [7, 11) is 0. The lowest BCUT2D eigenvalue weighted by molar-refractivity contribution is -0.124. The van der Waals surface area contributed by atoms with Gasteiger partial charge in [0.2, 0.25) is 18.6 Å². The first-order valence-electron chi connectivity index (χ1n) is 10.9. The van der Waals surface area contributed by atoms with E-state index in [0.717, 1.165) is 23.2 Å². The zero-order valence-electron chi connectivity index (χ0n) is 18.2. The molecule has 2 aliphatic rings. The van der Waals surface area contributed by atoms with Gasteiger partial charge in [-0.1, -0.05) is 18.2 Å². The highest BCUT2D eigenvalue weighted by atomic mass is 19.2. The van der Waals surface area contributed by atoms with Gasteiger partial charge in [0.15, 0.2) is 23.1 Å². The fourth-order valence-electron chi connectivity index (χ4n) is 4.43. The van der Waals surface area contributed by atoms with Crippen molar-refractivity contribution in [3.8, 4) is 11.5 Å². The number of amides is 2. The van der Waals surface area contributed by atoms with Crippen LogP contribution in [-0.4, -0.2) is 28.2 Å². The van der Waals surface area contributed by atoms with Crippen molar-refractivity contribution in [3.05, 3.63) is 77.9 Å². The van der Waals surface area contributed by atoms with Gasteiger partial charge in [-0.25, -0.2) is 13.8 Å². The van der Waals surface area contributed by atoms with Crippen molar-refractivity contribution in [2.24, 2.45) is 0 Å². The fourth-order valence-corrected chi connectivity index (χ4v) is 4.43. The quantitative estimate of drug-likeness (QED) is 0.468. The van der Waals surface area contributed by atoms with Crippen LogP contribution in [0.3, 0.4) is 0 Å². The lowest BCUT2D eigenvalue weighted by Gasteiger charge is -2.16. The number of hydrogen-bond acceptors (Lipinski definition) is 5. The Balaban J connectivity index is 1.31. The third-order valence-corrected chi connectivity index (χ3v) is 6.04. The summed E-state index contributed by atoms with van der Waals surface area (Å²) in [6.07, 6.45) is -0.206. The summed E-state index contributed by atoms with van der Waals surface area (Å²) in [6, 6.07) is 15.0. The molecule has 10 heteroatoms. The number of carbonyl (C=O) groups excluding carboxylic acids is 2. The van der Waals surface area contributed by atoms with Crippen LogP contribution in [0.2, 0.25) is 0 Å². The Kier molecular flexibility index (Phi) is 4.87. The Hall–Kier alpha value is -4.47. The normalized spacial score (nSPS) is 16.1. The summed E-state index contributed by atoms with van der Waals surface area (Å²) in [5.74, 6) is -1.22. The van der Waals surface area contributed by atoms with Crippen LogP contribution in [-0.2, 0) is 16.1 Å². The SMILES string of the molecule is O=C(C[C@@H]1C(=O)N(Cc2ccc3c(c2)OCO3)c2nc3ccccc3n21)Nc1ccc(F)c(F)c1. The zero-order valence-corrected chi connectivity index (χ0v) is 18.2. The average molecular weight is 476 g/mol. The zero-order chi connectivity index (χ0) is 24.1. The first-order valence-corrected chi connectivity index (χ1v) is 10.9. The lowest BCUT2D eigenvalue weighted by atomic mass is 10.1. The highest BCUT2D eigenvalue weighted by Gasteiger charge is 2.41. The van der Waals surface area contributed by atoms with E-state index in [9.17, 15) is 18.4 Å². The second kappa shape index (κ2) is 8.08. The molecule has 3 heterocycles. The van der Waals surface area contributed by atoms with E-state index in [-0.39, 0.29) is 31.4 Å². The van der Waals surface area contributed by atoms with Crippen LogP contribution >= 0.6 is 0 Å². The number of anilines is 2. The van der Waals surface area contributed by atoms with E-state index in [1.807, 2.05) is 36.4 Å². The summed E-state index contributed by atoms with van der Waals surface area (Å²) in [6.45, 7) is 0.368. The topological polar surface area (TPSA) is 85.7 Å². The van der Waals surface area contributed by atoms with Crippen molar-refractivity contribution < 1.29 is 27.8 Å². The fraction of sp³-hybridized carbons (Fsp3) is 0.160. The number of rotatable bonds is 5. The maximum absolute atomic E-state index is 13.6. The molecular weight excluding hydrogens is 458 g/mol. The van der Waals surface area contributed by atoms with Crippen molar-refractivity contribution in [1.82, 2.24) is 9.55 Å². The largest absolute Gasteiger partial charge is 0.454 e. The van der Waals surface area contributed by atoms with E-state index >= 15 is 0 Å². The molecule has 176 valence electrons. The van der Waals surface area contributed by atoms with Crippen molar-refractivity contribution in [3.63, 3.8) is 0 Å². The molecule has 0 aliphatic carbocycles. The summed E-state index contributed by atoms with van der Waals surface area (Å²) in [5, 5.41) is 2.54. The number of benzene rings is 3. The average Bonchev–Trinajstić information content (AvgIpc) is 3.52. The minimum Gasteiger partial charge on any atom is -0.454 e. The van der Waals surface area contributed by atoms with Crippen LogP contribution in [0, 0.1) is 11.6 Å². The van der Waals surface area contributed by atoms with Gasteiger partial charge in [0, 0.05) is 11.8 Å². The highest BCUT2D eigenvalue weighted by molar-refractivity contribution is 6.05. The summed E-state index contributed by atoms with van der Waals surface area (Å²) in [5.41, 5.74) is 2.33. The van der Waals surface area contributed by atoms with E-state index in [0.29, 0.717) is 23.0 Å². The molecule has 1 N–H and O–H groups in total. The van der Waals surface area contributed by atoms with Gasteiger partial charge < -0.3 is 14.8 Å². The van der Waals surface area contributed by atoms with Crippen molar-refractivity contribution in [2.45, 2.75) is 19.0 Å². The van der Waals surface area contributed by atoms with Gasteiger partial charge >= 0.3 is 0 Å². The smallest absolute Gasteiger partial charge is 0.253 e. The third-order valence-electron chi connectivity index (χ3n) is 6.04. The molecule has 1 atom stereocenters. The molecule has 2 aliphatic heterocycles. The first kappa shape index (κ1) is 21.1. The van der Waals surface area contributed by atoms with Gasteiger partial charge in [-0.15, -0.1) is 0 Å². The minimum atomic E-state index is -1.07. The number of halogens is 2. The molecule has 3 aromatic carbocycles. The van der Waals surface area contributed by atoms with Crippen LogP contribution in [0.25, 0.3) is 11.0 Å². The lowest BCUT2D eigenvalue weighted by Crippen LogP contribution is -2.31. The molecular formula is C25H18F2N4O4. The number of imidazole rings is 1. The maximum Gasteiger partial charge on any atom is 0.253 e. The maximum atomic E-state index is 13.6. The third kappa shape index (κ3) is 3.63. The van der Waals surface area contributed by atoms with Crippen LogP contribution < -0.4 is 19.7 Å². The molecule has 0 saturated carbocycles. The van der Waals surface area contributed by atoms with E-state index < -0.39 is 23.6 Å². The number of fused-ring (bicyclic) bond motifs is 4. The van der Waals surface area contributed by atoms with Gasteiger partial charge in [0.25, 0.3) is 5.91 Å². The predicted octanol–water partition coefficient (Wildman–Crippen LogP) is 4.16. The molecule has 0 unspecified atom stereocenters. The molecule has 6 rings (SSSR count). The van der Waals surface area contributed by atoms with Gasteiger partial charge in [-0.2, -0.15) is 0 Å². The standard InChI is InChI=1S/C25H18F2N4O4/c26-16-7-6-15(10-17(16)27)28-23(32)11-20-24(33)30(12-14-5-8-21-22(9-14)35-13-34-21)25-29-18-3-1-2-4-19(18)31(20)25/h1-10,20H,11-13H2,(H,28,32)/t20-/m1/s1. The Morgan fingerprint density at radius 3 is 2.71 bits per heavy atom. The van der Waals surface area contributed by atoms with Crippen LogP contribution in [0.1, 0.15) is 18.0 Å². The second-order valence-electron chi connectivity index (χ2n) is 8.28. The molecule has 0 saturated heterocycles. The molecule has 4 aromatic rings. The van der Waals surface area contributed by atoms with E-state index in [4.69, 9.17) is 9.47 Å². The summed E-state index contributed by atoms with van der Waals surface area (Å²) in [4.78, 5) is 32.5. The molecule has 0 fully saturated rings. The number of hydrogen-bond donors (Lipinski definition) is 1. The Bertz CT molecular complexity index is 1500. The summed E-state index contributed by atoms with van der Waals surface area (Å²) < 4.78 is 39.3. The number of carbonyl (C=O) groups is 2. The van der Waals surface area contributed by atoms with Crippen LogP contribution in [0.4, 0.5) is 20.4 Å². The molecule has 8 nitrogen and oxygen atoms in total. The van der Waals surface area contributed by atoms with E-state index in [1.165, 1.54) is 11.0 Å². The molecule has 0 spiro atoms. The Morgan fingerprint density at radius 1 is 1.03 bits per heavy atom. The predicted molar refractivity (Wildman–Crippen MR) is 122 cm³/mol. The van der Waals surface area contributed by atoms with E-state index in [1.54, 1.807) is 10.6 Å². The number of para-hydroxylation sites is 2. The monoisotopic (exact) mass is 476 g/mol. The molecule has 2 amide bonds. The molecule has 0 radical (unpaired) electrons. The second-order valence-corrected chi connectivity index (χ2v) is 8.28. The van der Waals surface area contributed by atoms with Crippen molar-refractivity contribution in [2.75, 3.05) is 17.0 Å². The Morgan fingerprint density at radius 2 is 1.86 bits per heavy atom. The van der Waals surface area contributed by atoms with Gasteiger partial charge in [0.05, 0.1) is 24.0 Å². The van der Waals surface area contributed by atoms with Gasteiger partial charge in [-0.3, -0.25) is 19.1 Å². The first-order chi connectivity index (χ1) is 17.0. The molecule has 1 aromatic heterocycles. The van der Waals surface area contributed by atoms with Gasteiger partial charge in [0.1, 0.15) is 6.04 Å². The van der Waals surface area contributed by atoms with Crippen molar-refractivity contribution in [1.29, 1.82) is 0 Å². The number of nitrogens with zero attached hydrogens (tertiary/aromatic N) is 3. The van der Waals surface area contributed by atoms with Crippen molar-refractivity contribution >= 4 is 34.5 Å². The van der Waals surface area contributed by atoms with Gasteiger partial charge in [-0.05, 0) is 42.0 Å². The van der Waals surface area contributed by atoms with Crippen LogP contribution in [0.5, 0.6) is 11.5 Å². The highest BCUT2D eigenvalue weighted by Crippen LogP contribution is 2.39. The van der Waals surface area contributed by atoms with E-state index in [2.05, 4.69) is 10.3 Å². The number of ether oxygens (including phenoxy) is 2. The molecule has 0 bridgehead atoms. The number of nitrogens with one attached hydrogen (secondary N) is 1. The van der Waals surface area contributed by atoms with Crippen LogP contribution in [0.15, 0.2) is 60.7 Å². The minimum absolute atomic E-state index is 0.104. The molecule has 35 heavy (non-hydrogen) atoms. The summed E-state index contributed by atoms with van der Waals surface area (Å²) >= 11 is 0. The Labute approximate surface area is 197 Å².